The fourth-order valence-electron chi connectivity index (χ4n) is 1.83. The Balaban J connectivity index is 2.10. The van der Waals surface area contributed by atoms with E-state index >= 15 is 0 Å². The molecule has 0 amide bonds. The number of thioether (sulfide) groups is 1. The SMILES string of the molecule is CSc1ccc(-c2nc3c(N)cccc3o2)cc1. The summed E-state index contributed by atoms with van der Waals surface area (Å²) in [4.78, 5) is 5.66. The smallest absolute Gasteiger partial charge is 0.227 e. The zero-order chi connectivity index (χ0) is 12.5. The van der Waals surface area contributed by atoms with Gasteiger partial charge in [-0.15, -0.1) is 11.8 Å². The van der Waals surface area contributed by atoms with E-state index in [1.54, 1.807) is 11.8 Å². The molecule has 0 aliphatic heterocycles. The molecule has 0 bridgehead atoms. The molecule has 2 aromatic carbocycles. The third-order valence-corrected chi connectivity index (χ3v) is 3.53. The Bertz CT molecular complexity index is 689. The van der Waals surface area contributed by atoms with Gasteiger partial charge in [-0.1, -0.05) is 6.07 Å². The maximum absolute atomic E-state index is 5.87. The van der Waals surface area contributed by atoms with Gasteiger partial charge in [-0.25, -0.2) is 4.98 Å². The minimum absolute atomic E-state index is 0.607. The number of benzene rings is 2. The lowest BCUT2D eigenvalue weighted by molar-refractivity contribution is 0.620. The summed E-state index contributed by atoms with van der Waals surface area (Å²) in [6.45, 7) is 0. The summed E-state index contributed by atoms with van der Waals surface area (Å²) in [7, 11) is 0. The third-order valence-electron chi connectivity index (χ3n) is 2.79. The zero-order valence-corrected chi connectivity index (χ0v) is 10.7. The second kappa shape index (κ2) is 4.38. The van der Waals surface area contributed by atoms with Gasteiger partial charge in [0, 0.05) is 10.5 Å². The Hall–Kier alpha value is -1.94. The van der Waals surface area contributed by atoms with Gasteiger partial charge in [-0.05, 0) is 42.7 Å². The number of anilines is 1. The van der Waals surface area contributed by atoms with Crippen molar-refractivity contribution >= 4 is 28.5 Å². The number of aromatic nitrogens is 1. The van der Waals surface area contributed by atoms with Crippen LogP contribution in [0.3, 0.4) is 0 Å². The molecular formula is C14H12N2OS. The summed E-state index contributed by atoms with van der Waals surface area (Å²) >= 11 is 1.71. The molecule has 0 atom stereocenters. The highest BCUT2D eigenvalue weighted by molar-refractivity contribution is 7.98. The number of hydrogen-bond acceptors (Lipinski definition) is 4. The van der Waals surface area contributed by atoms with Gasteiger partial charge in [0.15, 0.2) is 5.58 Å². The second-order valence-corrected chi connectivity index (χ2v) is 4.82. The Kier molecular flexibility index (Phi) is 2.72. The molecule has 2 N–H and O–H groups in total. The maximum atomic E-state index is 5.87. The first-order valence-electron chi connectivity index (χ1n) is 5.57. The number of oxazole rings is 1. The van der Waals surface area contributed by atoms with Crippen LogP contribution in [0.5, 0.6) is 0 Å². The molecule has 1 aromatic heterocycles. The molecule has 0 radical (unpaired) electrons. The number of hydrogen-bond donors (Lipinski definition) is 1. The molecular weight excluding hydrogens is 244 g/mol. The number of fused-ring (bicyclic) bond motifs is 1. The average Bonchev–Trinajstić information content (AvgIpc) is 2.84. The normalized spacial score (nSPS) is 10.9. The van der Waals surface area contributed by atoms with Crippen LogP contribution < -0.4 is 5.73 Å². The van der Waals surface area contributed by atoms with Crippen LogP contribution in [0.4, 0.5) is 5.69 Å². The quantitative estimate of drug-likeness (QED) is 0.559. The Labute approximate surface area is 109 Å². The number of rotatable bonds is 2. The minimum atomic E-state index is 0.607. The summed E-state index contributed by atoms with van der Waals surface area (Å²) in [5.41, 5.74) is 8.92. The topological polar surface area (TPSA) is 52.0 Å². The molecule has 3 rings (SSSR count). The van der Waals surface area contributed by atoms with Gasteiger partial charge in [0.2, 0.25) is 5.89 Å². The van der Waals surface area contributed by atoms with Crippen molar-refractivity contribution in [2.24, 2.45) is 0 Å². The van der Waals surface area contributed by atoms with Gasteiger partial charge in [0.25, 0.3) is 0 Å². The molecule has 0 saturated heterocycles. The molecule has 0 saturated carbocycles. The molecule has 3 aromatic rings. The Morgan fingerprint density at radius 2 is 1.89 bits per heavy atom. The molecule has 1 heterocycles. The fourth-order valence-corrected chi connectivity index (χ4v) is 2.24. The summed E-state index contributed by atoms with van der Waals surface area (Å²) < 4.78 is 5.71. The Morgan fingerprint density at radius 1 is 1.11 bits per heavy atom. The molecule has 90 valence electrons. The van der Waals surface area contributed by atoms with Gasteiger partial charge in [-0.3, -0.25) is 0 Å². The van der Waals surface area contributed by atoms with Crippen molar-refractivity contribution in [2.45, 2.75) is 4.90 Å². The minimum Gasteiger partial charge on any atom is -0.436 e. The van der Waals surface area contributed by atoms with Crippen LogP contribution in [-0.2, 0) is 0 Å². The van der Waals surface area contributed by atoms with Crippen molar-refractivity contribution in [2.75, 3.05) is 12.0 Å². The standard InChI is InChI=1S/C14H12N2OS/c1-18-10-7-5-9(6-8-10)14-16-13-11(15)3-2-4-12(13)17-14/h2-8H,15H2,1H3. The van der Waals surface area contributed by atoms with Crippen LogP contribution in [0.25, 0.3) is 22.6 Å². The lowest BCUT2D eigenvalue weighted by Crippen LogP contribution is -1.85. The van der Waals surface area contributed by atoms with E-state index < -0.39 is 0 Å². The summed E-state index contributed by atoms with van der Waals surface area (Å²) in [6, 6.07) is 13.7. The summed E-state index contributed by atoms with van der Waals surface area (Å²) in [5.74, 6) is 0.607. The molecule has 0 aliphatic carbocycles. The predicted octanol–water partition coefficient (Wildman–Crippen LogP) is 3.80. The maximum Gasteiger partial charge on any atom is 0.227 e. The van der Waals surface area contributed by atoms with Gasteiger partial charge < -0.3 is 10.2 Å². The predicted molar refractivity (Wildman–Crippen MR) is 75.6 cm³/mol. The molecule has 0 fully saturated rings. The van der Waals surface area contributed by atoms with Crippen molar-refractivity contribution in [3.63, 3.8) is 0 Å². The lowest BCUT2D eigenvalue weighted by Gasteiger charge is -1.97. The van der Waals surface area contributed by atoms with Gasteiger partial charge >= 0.3 is 0 Å². The largest absolute Gasteiger partial charge is 0.436 e. The van der Waals surface area contributed by atoms with E-state index in [4.69, 9.17) is 10.2 Å². The van der Waals surface area contributed by atoms with E-state index in [-0.39, 0.29) is 0 Å². The van der Waals surface area contributed by atoms with E-state index in [9.17, 15) is 0 Å². The summed E-state index contributed by atoms with van der Waals surface area (Å²) in [5, 5.41) is 0. The van der Waals surface area contributed by atoms with E-state index in [1.807, 2.05) is 30.3 Å². The first kappa shape index (κ1) is 11.2. The van der Waals surface area contributed by atoms with Crippen LogP contribution in [0.1, 0.15) is 0 Å². The molecule has 0 spiro atoms. The first-order chi connectivity index (χ1) is 8.78. The second-order valence-electron chi connectivity index (χ2n) is 3.94. The molecule has 3 nitrogen and oxygen atoms in total. The van der Waals surface area contributed by atoms with Gasteiger partial charge in [0.1, 0.15) is 5.52 Å². The van der Waals surface area contributed by atoms with Crippen LogP contribution in [0.15, 0.2) is 51.8 Å². The third kappa shape index (κ3) is 1.84. The van der Waals surface area contributed by atoms with E-state index in [1.165, 1.54) is 4.90 Å². The van der Waals surface area contributed by atoms with Crippen molar-refractivity contribution < 1.29 is 4.42 Å². The monoisotopic (exact) mass is 256 g/mol. The number of para-hydroxylation sites is 1. The van der Waals surface area contributed by atoms with Crippen LogP contribution in [-0.4, -0.2) is 11.2 Å². The van der Waals surface area contributed by atoms with E-state index in [2.05, 4.69) is 23.4 Å². The van der Waals surface area contributed by atoms with Crippen LogP contribution >= 0.6 is 11.8 Å². The van der Waals surface area contributed by atoms with Gasteiger partial charge in [-0.2, -0.15) is 0 Å². The molecule has 0 aliphatic rings. The Morgan fingerprint density at radius 3 is 2.56 bits per heavy atom. The highest BCUT2D eigenvalue weighted by Crippen LogP contribution is 2.28. The van der Waals surface area contributed by atoms with Crippen molar-refractivity contribution in [3.05, 3.63) is 42.5 Å². The summed E-state index contributed by atoms with van der Waals surface area (Å²) in [6.07, 6.45) is 2.05. The van der Waals surface area contributed by atoms with Crippen molar-refractivity contribution in [1.82, 2.24) is 4.98 Å². The van der Waals surface area contributed by atoms with Crippen LogP contribution in [0, 0.1) is 0 Å². The average molecular weight is 256 g/mol. The lowest BCUT2D eigenvalue weighted by atomic mass is 10.2. The van der Waals surface area contributed by atoms with E-state index in [0.717, 1.165) is 16.7 Å². The first-order valence-corrected chi connectivity index (χ1v) is 6.80. The van der Waals surface area contributed by atoms with Crippen molar-refractivity contribution in [3.8, 4) is 11.5 Å². The number of nitrogens with two attached hydrogens (primary N) is 1. The fraction of sp³-hybridized carbons (Fsp3) is 0.0714. The van der Waals surface area contributed by atoms with Crippen LogP contribution in [0.2, 0.25) is 0 Å². The highest BCUT2D eigenvalue weighted by Gasteiger charge is 2.09. The van der Waals surface area contributed by atoms with E-state index in [0.29, 0.717) is 11.6 Å². The number of nitrogen functional groups attached to an aromatic ring is 1. The molecule has 18 heavy (non-hydrogen) atoms. The zero-order valence-electron chi connectivity index (χ0n) is 9.88. The molecule has 0 unspecified atom stereocenters. The number of nitrogens with zero attached hydrogens (tertiary/aromatic N) is 1. The van der Waals surface area contributed by atoms with Crippen molar-refractivity contribution in [1.29, 1.82) is 0 Å². The molecule has 4 heteroatoms. The highest BCUT2D eigenvalue weighted by atomic mass is 32.2. The van der Waals surface area contributed by atoms with Gasteiger partial charge in [0.05, 0.1) is 5.69 Å².